The molecule has 2 rings (SSSR count). The number of hydrogen-bond acceptors (Lipinski definition) is 5. The van der Waals surface area contributed by atoms with E-state index in [2.05, 4.69) is 0 Å². The molecular weight excluding hydrogens is 276 g/mol. The van der Waals surface area contributed by atoms with Gasteiger partial charge in [0.25, 0.3) is 15.9 Å². The predicted molar refractivity (Wildman–Crippen MR) is 61.8 cm³/mol. The summed E-state index contributed by atoms with van der Waals surface area (Å²) in [5, 5.41) is 13.3. The number of furan rings is 1. The molecule has 0 spiro atoms. The molecule has 0 saturated carbocycles. The van der Waals surface area contributed by atoms with Gasteiger partial charge in [-0.05, 0) is 25.0 Å². The summed E-state index contributed by atoms with van der Waals surface area (Å²) in [6.45, 7) is 0.293. The second-order valence-corrected chi connectivity index (χ2v) is 5.65. The minimum atomic E-state index is -4.02. The molecule has 3 N–H and O–H groups in total. The zero-order chi connectivity index (χ0) is 14.2. The lowest BCUT2D eigenvalue weighted by Crippen LogP contribution is -2.40. The smallest absolute Gasteiger partial charge is 0.326 e. The van der Waals surface area contributed by atoms with Crippen molar-refractivity contribution in [1.29, 1.82) is 0 Å². The normalized spacial score (nSPS) is 19.6. The van der Waals surface area contributed by atoms with E-state index in [1.165, 1.54) is 6.07 Å². The number of sulfonamides is 1. The summed E-state index contributed by atoms with van der Waals surface area (Å²) in [6, 6.07) is 1.32. The van der Waals surface area contributed by atoms with Crippen molar-refractivity contribution in [2.24, 2.45) is 5.14 Å². The lowest BCUT2D eigenvalue weighted by atomic mass is 10.2. The van der Waals surface area contributed by atoms with Crippen LogP contribution >= 0.6 is 0 Å². The van der Waals surface area contributed by atoms with Crippen LogP contribution in [0.25, 0.3) is 0 Å². The molecule has 0 aromatic carbocycles. The highest BCUT2D eigenvalue weighted by Gasteiger charge is 2.35. The molecule has 1 amide bonds. The molecule has 1 saturated heterocycles. The summed E-state index contributed by atoms with van der Waals surface area (Å²) in [6.07, 6.45) is 0.940. The number of likely N-dealkylation sites (tertiary alicyclic amines) is 1. The van der Waals surface area contributed by atoms with Crippen molar-refractivity contribution in [1.82, 2.24) is 4.90 Å². The van der Waals surface area contributed by atoms with E-state index in [1.54, 1.807) is 0 Å². The van der Waals surface area contributed by atoms with Crippen molar-refractivity contribution in [2.75, 3.05) is 6.54 Å². The van der Waals surface area contributed by atoms with E-state index in [-0.39, 0.29) is 5.76 Å². The number of carbonyl (C=O) groups is 2. The third-order valence-corrected chi connectivity index (χ3v) is 3.65. The first-order chi connectivity index (χ1) is 8.80. The molecule has 0 aliphatic carbocycles. The van der Waals surface area contributed by atoms with Crippen molar-refractivity contribution in [3.05, 3.63) is 17.9 Å². The number of aliphatic carboxylic acids is 1. The average molecular weight is 288 g/mol. The first-order valence-corrected chi connectivity index (χ1v) is 7.02. The van der Waals surface area contributed by atoms with Crippen LogP contribution in [0.3, 0.4) is 0 Å². The lowest BCUT2D eigenvalue weighted by Gasteiger charge is -2.19. The van der Waals surface area contributed by atoms with E-state index in [4.69, 9.17) is 14.7 Å². The van der Waals surface area contributed by atoms with Crippen LogP contribution in [-0.4, -0.2) is 42.9 Å². The minimum absolute atomic E-state index is 0.239. The summed E-state index contributed by atoms with van der Waals surface area (Å²) in [5.74, 6) is -1.99. The number of primary sulfonamides is 1. The Labute approximate surface area is 108 Å². The zero-order valence-electron chi connectivity index (χ0n) is 9.77. The molecule has 8 nitrogen and oxygen atoms in total. The van der Waals surface area contributed by atoms with E-state index >= 15 is 0 Å². The van der Waals surface area contributed by atoms with Crippen LogP contribution in [0.4, 0.5) is 0 Å². The summed E-state index contributed by atoms with van der Waals surface area (Å²) in [7, 11) is -4.02. The van der Waals surface area contributed by atoms with Gasteiger partial charge in [-0.3, -0.25) is 4.79 Å². The molecule has 0 bridgehead atoms. The van der Waals surface area contributed by atoms with Gasteiger partial charge in [0.05, 0.1) is 0 Å². The molecule has 0 unspecified atom stereocenters. The average Bonchev–Trinajstić information content (AvgIpc) is 2.96. The topological polar surface area (TPSA) is 131 Å². The SMILES string of the molecule is NS(=O)(=O)c1ccc(C(=O)N2CCC[C@H]2C(=O)O)o1. The van der Waals surface area contributed by atoms with Gasteiger partial charge in [0.15, 0.2) is 5.76 Å². The number of hydrogen-bond donors (Lipinski definition) is 2. The van der Waals surface area contributed by atoms with Gasteiger partial charge in [-0.1, -0.05) is 0 Å². The molecule has 104 valence electrons. The number of rotatable bonds is 3. The maximum atomic E-state index is 12.0. The van der Waals surface area contributed by atoms with Gasteiger partial charge in [-0.25, -0.2) is 18.4 Å². The molecule has 1 aromatic heterocycles. The van der Waals surface area contributed by atoms with Gasteiger partial charge >= 0.3 is 5.97 Å². The molecule has 1 aromatic rings. The van der Waals surface area contributed by atoms with Crippen molar-refractivity contribution in [3.63, 3.8) is 0 Å². The number of nitrogens with two attached hydrogens (primary N) is 1. The van der Waals surface area contributed by atoms with Crippen LogP contribution in [0.1, 0.15) is 23.4 Å². The Balaban J connectivity index is 2.25. The van der Waals surface area contributed by atoms with Gasteiger partial charge < -0.3 is 14.4 Å². The zero-order valence-corrected chi connectivity index (χ0v) is 10.6. The molecule has 1 aliphatic rings. The fourth-order valence-corrected chi connectivity index (χ4v) is 2.46. The second kappa shape index (κ2) is 4.67. The summed E-state index contributed by atoms with van der Waals surface area (Å²) >= 11 is 0. The van der Waals surface area contributed by atoms with Crippen molar-refractivity contribution in [2.45, 2.75) is 24.0 Å². The summed E-state index contributed by atoms with van der Waals surface area (Å²) in [5.41, 5.74) is 0. The number of carbonyl (C=O) groups excluding carboxylic acids is 1. The van der Waals surface area contributed by atoms with Crippen molar-refractivity contribution < 1.29 is 27.5 Å². The quantitative estimate of drug-likeness (QED) is 0.779. The van der Waals surface area contributed by atoms with Gasteiger partial charge in [0, 0.05) is 6.54 Å². The summed E-state index contributed by atoms with van der Waals surface area (Å²) < 4.78 is 26.9. The maximum Gasteiger partial charge on any atom is 0.326 e. The molecular formula is C10H12N2O6S. The predicted octanol–water partition coefficient (Wildman–Crippen LogP) is -0.384. The molecule has 1 atom stereocenters. The fraction of sp³-hybridized carbons (Fsp3) is 0.400. The summed E-state index contributed by atoms with van der Waals surface area (Å²) in [4.78, 5) is 24.2. The van der Waals surface area contributed by atoms with Crippen LogP contribution in [0.2, 0.25) is 0 Å². The highest BCUT2D eigenvalue weighted by molar-refractivity contribution is 7.89. The van der Waals surface area contributed by atoms with Crippen LogP contribution in [0, 0.1) is 0 Å². The van der Waals surface area contributed by atoms with Crippen LogP contribution in [0.15, 0.2) is 21.6 Å². The molecule has 9 heteroatoms. The van der Waals surface area contributed by atoms with Gasteiger partial charge in [-0.2, -0.15) is 0 Å². The molecule has 1 fully saturated rings. The molecule has 1 aliphatic heterocycles. The van der Waals surface area contributed by atoms with Crippen molar-refractivity contribution >= 4 is 21.9 Å². The number of carboxylic acids is 1. The number of amides is 1. The highest BCUT2D eigenvalue weighted by atomic mass is 32.2. The minimum Gasteiger partial charge on any atom is -0.480 e. The Kier molecular flexibility index (Phi) is 3.33. The Bertz CT molecular complexity index is 620. The van der Waals surface area contributed by atoms with Gasteiger partial charge in [0.2, 0.25) is 5.09 Å². The monoisotopic (exact) mass is 288 g/mol. The first kappa shape index (κ1) is 13.6. The molecule has 19 heavy (non-hydrogen) atoms. The number of nitrogens with zero attached hydrogens (tertiary/aromatic N) is 1. The van der Waals surface area contributed by atoms with E-state index in [0.29, 0.717) is 19.4 Å². The Hall–Kier alpha value is -1.87. The largest absolute Gasteiger partial charge is 0.480 e. The van der Waals surface area contributed by atoms with Crippen molar-refractivity contribution in [3.8, 4) is 0 Å². The van der Waals surface area contributed by atoms with Crippen LogP contribution in [0.5, 0.6) is 0 Å². The second-order valence-electron chi connectivity index (χ2n) is 4.16. The van der Waals surface area contributed by atoms with Gasteiger partial charge in [-0.15, -0.1) is 0 Å². The van der Waals surface area contributed by atoms with Gasteiger partial charge in [0.1, 0.15) is 6.04 Å². The third-order valence-electron chi connectivity index (χ3n) is 2.87. The molecule has 2 heterocycles. The first-order valence-electron chi connectivity index (χ1n) is 5.47. The highest BCUT2D eigenvalue weighted by Crippen LogP contribution is 2.22. The van der Waals surface area contributed by atoms with E-state index in [9.17, 15) is 18.0 Å². The lowest BCUT2D eigenvalue weighted by molar-refractivity contribution is -0.141. The Morgan fingerprint density at radius 2 is 2.11 bits per heavy atom. The third kappa shape index (κ3) is 2.61. The maximum absolute atomic E-state index is 12.0. The van der Waals surface area contributed by atoms with Crippen LogP contribution in [-0.2, 0) is 14.8 Å². The van der Waals surface area contributed by atoms with E-state index < -0.39 is 33.0 Å². The van der Waals surface area contributed by atoms with E-state index in [0.717, 1.165) is 11.0 Å². The Morgan fingerprint density at radius 1 is 1.42 bits per heavy atom. The fourth-order valence-electron chi connectivity index (χ4n) is 2.00. The number of carboxylic acid groups (broad SMARTS) is 1. The van der Waals surface area contributed by atoms with Crippen LogP contribution < -0.4 is 5.14 Å². The standard InChI is InChI=1S/C10H12N2O6S/c11-19(16,17)8-4-3-7(18-8)9(13)12-5-1-2-6(12)10(14)15/h3-4,6H,1-2,5H2,(H,14,15)(H2,11,16,17)/t6-/m0/s1. The Morgan fingerprint density at radius 3 is 2.63 bits per heavy atom. The van der Waals surface area contributed by atoms with E-state index in [1.807, 2.05) is 0 Å². The molecule has 0 radical (unpaired) electrons.